The van der Waals surface area contributed by atoms with E-state index in [9.17, 15) is 5.11 Å². The molecule has 3 rings (SSSR count). The highest BCUT2D eigenvalue weighted by atomic mass is 35.5. The van der Waals surface area contributed by atoms with Gasteiger partial charge in [0.05, 0.1) is 18.3 Å². The lowest BCUT2D eigenvalue weighted by Crippen LogP contribution is -1.88. The first-order valence-corrected chi connectivity index (χ1v) is 6.42. The number of benzene rings is 2. The maximum absolute atomic E-state index is 9.59. The zero-order valence-electron chi connectivity index (χ0n) is 11.8. The van der Waals surface area contributed by atoms with Crippen molar-refractivity contribution in [1.82, 2.24) is 4.98 Å². The number of nitrogens with zero attached hydrogens (tertiary/aromatic N) is 1. The van der Waals surface area contributed by atoms with Gasteiger partial charge in [0, 0.05) is 17.0 Å². The summed E-state index contributed by atoms with van der Waals surface area (Å²) in [5.74, 6) is 1.10. The van der Waals surface area contributed by atoms with E-state index < -0.39 is 0 Å². The molecule has 0 bridgehead atoms. The van der Waals surface area contributed by atoms with Crippen molar-refractivity contribution in [3.63, 3.8) is 0 Å². The highest BCUT2D eigenvalue weighted by Crippen LogP contribution is 2.27. The predicted molar refractivity (Wildman–Crippen MR) is 87.4 cm³/mol. The summed E-state index contributed by atoms with van der Waals surface area (Å²) < 4.78 is 5.23. The molecule has 0 fully saturated rings. The number of phenols is 1. The van der Waals surface area contributed by atoms with Crippen LogP contribution in [-0.2, 0) is 0 Å². The Hall–Kier alpha value is -2.26. The van der Waals surface area contributed by atoms with Gasteiger partial charge in [0.25, 0.3) is 0 Å². The Morgan fingerprint density at radius 2 is 1.76 bits per heavy atom. The van der Waals surface area contributed by atoms with Gasteiger partial charge >= 0.3 is 0 Å². The minimum atomic E-state index is 0. The molecule has 4 heteroatoms. The third kappa shape index (κ3) is 2.93. The summed E-state index contributed by atoms with van der Waals surface area (Å²) in [6.07, 6.45) is 0. The van der Waals surface area contributed by atoms with Crippen LogP contribution >= 0.6 is 12.4 Å². The fraction of sp³-hybridized carbons (Fsp3) is 0.118. The van der Waals surface area contributed by atoms with Crippen LogP contribution in [0.15, 0.2) is 48.5 Å². The Morgan fingerprint density at radius 3 is 2.48 bits per heavy atom. The number of hydrogen-bond donors (Lipinski definition) is 1. The molecule has 0 saturated carbocycles. The lowest BCUT2D eigenvalue weighted by atomic mass is 10.1. The predicted octanol–water partition coefficient (Wildman–Crippen LogP) is 4.35. The van der Waals surface area contributed by atoms with E-state index in [1.807, 2.05) is 49.4 Å². The van der Waals surface area contributed by atoms with Crippen LogP contribution in [0.5, 0.6) is 11.5 Å². The van der Waals surface area contributed by atoms with Crippen LogP contribution in [0.1, 0.15) is 5.56 Å². The number of halogens is 1. The minimum Gasteiger partial charge on any atom is -0.508 e. The largest absolute Gasteiger partial charge is 0.508 e. The molecule has 0 aliphatic carbocycles. The monoisotopic (exact) mass is 301 g/mol. The number of fused-ring (bicyclic) bond motifs is 1. The number of aromatic hydroxyl groups is 1. The molecule has 1 N–H and O–H groups in total. The Bertz CT molecular complexity index is 787. The van der Waals surface area contributed by atoms with Gasteiger partial charge in [-0.3, -0.25) is 0 Å². The van der Waals surface area contributed by atoms with Crippen LogP contribution < -0.4 is 4.74 Å². The van der Waals surface area contributed by atoms with Gasteiger partial charge < -0.3 is 9.84 Å². The van der Waals surface area contributed by atoms with Crippen LogP contribution in [0.2, 0.25) is 0 Å². The third-order valence-corrected chi connectivity index (χ3v) is 3.39. The van der Waals surface area contributed by atoms with Gasteiger partial charge in [-0.25, -0.2) is 4.98 Å². The number of rotatable bonds is 2. The molecule has 0 spiro atoms. The Labute approximate surface area is 129 Å². The summed E-state index contributed by atoms with van der Waals surface area (Å²) in [7, 11) is 1.65. The molecule has 1 aromatic heterocycles. The highest BCUT2D eigenvalue weighted by molar-refractivity contribution is 5.85. The van der Waals surface area contributed by atoms with E-state index in [0.29, 0.717) is 5.75 Å². The summed E-state index contributed by atoms with van der Waals surface area (Å²) in [6, 6.07) is 15.4. The van der Waals surface area contributed by atoms with Gasteiger partial charge in [-0.1, -0.05) is 6.07 Å². The van der Waals surface area contributed by atoms with E-state index in [2.05, 4.69) is 4.98 Å². The standard InChI is InChI=1S/C17H15NO2.ClH/c1-11-9-13(5-8-17(11)19)15-7-4-12-3-6-14(20-2)10-16(12)18-15;/h3-10,19H,1-2H3;1H. The summed E-state index contributed by atoms with van der Waals surface area (Å²) in [5.41, 5.74) is 3.61. The van der Waals surface area contributed by atoms with E-state index in [-0.39, 0.29) is 12.4 Å². The number of hydrogen-bond acceptors (Lipinski definition) is 3. The molecule has 0 radical (unpaired) electrons. The zero-order chi connectivity index (χ0) is 14.1. The molecular formula is C17H16ClNO2. The molecule has 108 valence electrons. The normalized spacial score (nSPS) is 10.2. The van der Waals surface area contributed by atoms with E-state index >= 15 is 0 Å². The summed E-state index contributed by atoms with van der Waals surface area (Å²) in [6.45, 7) is 1.88. The van der Waals surface area contributed by atoms with Crippen molar-refractivity contribution >= 4 is 23.3 Å². The number of pyridine rings is 1. The maximum atomic E-state index is 9.59. The number of aryl methyl sites for hydroxylation is 1. The summed E-state index contributed by atoms with van der Waals surface area (Å²) >= 11 is 0. The molecule has 21 heavy (non-hydrogen) atoms. The van der Waals surface area contributed by atoms with Crippen molar-refractivity contribution in [3.05, 3.63) is 54.1 Å². The van der Waals surface area contributed by atoms with Gasteiger partial charge in [-0.2, -0.15) is 0 Å². The molecule has 0 saturated heterocycles. The number of phenolic OH excluding ortho intramolecular Hbond substituents is 1. The fourth-order valence-electron chi connectivity index (χ4n) is 2.20. The third-order valence-electron chi connectivity index (χ3n) is 3.39. The van der Waals surface area contributed by atoms with Gasteiger partial charge in [0.2, 0.25) is 0 Å². The molecule has 2 aromatic carbocycles. The topological polar surface area (TPSA) is 42.4 Å². The highest BCUT2D eigenvalue weighted by Gasteiger charge is 2.05. The Balaban J connectivity index is 0.00000161. The molecule has 0 amide bonds. The van der Waals surface area contributed by atoms with Crippen molar-refractivity contribution in [2.24, 2.45) is 0 Å². The SMILES string of the molecule is COc1ccc2ccc(-c3ccc(O)c(C)c3)nc2c1.Cl. The smallest absolute Gasteiger partial charge is 0.121 e. The second kappa shape index (κ2) is 6.02. The average Bonchev–Trinajstić information content (AvgIpc) is 2.49. The number of ether oxygens (including phenoxy) is 1. The second-order valence-corrected chi connectivity index (χ2v) is 4.76. The van der Waals surface area contributed by atoms with Crippen LogP contribution in [0.25, 0.3) is 22.2 Å². The molecular weight excluding hydrogens is 286 g/mol. The van der Waals surface area contributed by atoms with Crippen molar-refractivity contribution in [1.29, 1.82) is 0 Å². The average molecular weight is 302 g/mol. The van der Waals surface area contributed by atoms with Crippen molar-refractivity contribution < 1.29 is 9.84 Å². The first-order chi connectivity index (χ1) is 9.67. The minimum absolute atomic E-state index is 0. The van der Waals surface area contributed by atoms with E-state index in [1.54, 1.807) is 13.2 Å². The summed E-state index contributed by atoms with van der Waals surface area (Å²) in [5, 5.41) is 10.7. The van der Waals surface area contributed by atoms with Gasteiger partial charge in [0.15, 0.2) is 0 Å². The quantitative estimate of drug-likeness (QED) is 0.765. The maximum Gasteiger partial charge on any atom is 0.121 e. The second-order valence-electron chi connectivity index (χ2n) is 4.76. The molecule has 0 aliphatic heterocycles. The lowest BCUT2D eigenvalue weighted by molar-refractivity contribution is 0.415. The van der Waals surface area contributed by atoms with E-state index in [0.717, 1.165) is 33.5 Å². The van der Waals surface area contributed by atoms with Gasteiger partial charge in [-0.15, -0.1) is 12.4 Å². The number of aromatic nitrogens is 1. The first-order valence-electron chi connectivity index (χ1n) is 6.42. The van der Waals surface area contributed by atoms with E-state index in [4.69, 9.17) is 4.74 Å². The van der Waals surface area contributed by atoms with Crippen molar-refractivity contribution in [3.8, 4) is 22.8 Å². The molecule has 1 heterocycles. The van der Waals surface area contributed by atoms with Crippen molar-refractivity contribution in [2.45, 2.75) is 6.92 Å². The van der Waals surface area contributed by atoms with Gasteiger partial charge in [-0.05, 0) is 48.9 Å². The molecule has 0 unspecified atom stereocenters. The van der Waals surface area contributed by atoms with E-state index in [1.165, 1.54) is 0 Å². The van der Waals surface area contributed by atoms with Crippen LogP contribution in [0.4, 0.5) is 0 Å². The lowest BCUT2D eigenvalue weighted by Gasteiger charge is -2.07. The molecule has 3 aromatic rings. The van der Waals surface area contributed by atoms with Gasteiger partial charge in [0.1, 0.15) is 11.5 Å². The zero-order valence-corrected chi connectivity index (χ0v) is 12.6. The fourth-order valence-corrected chi connectivity index (χ4v) is 2.20. The van der Waals surface area contributed by atoms with Crippen LogP contribution in [0, 0.1) is 6.92 Å². The molecule has 0 aliphatic rings. The van der Waals surface area contributed by atoms with Crippen molar-refractivity contribution in [2.75, 3.05) is 7.11 Å². The van der Waals surface area contributed by atoms with Crippen LogP contribution in [-0.4, -0.2) is 17.2 Å². The van der Waals surface area contributed by atoms with Crippen LogP contribution in [0.3, 0.4) is 0 Å². The Morgan fingerprint density at radius 1 is 1.00 bits per heavy atom. The number of methoxy groups -OCH3 is 1. The molecule has 0 atom stereocenters. The summed E-state index contributed by atoms with van der Waals surface area (Å²) in [4.78, 5) is 4.66. The Kier molecular flexibility index (Phi) is 4.34. The first kappa shape index (κ1) is 15.1. The molecule has 3 nitrogen and oxygen atoms in total.